The highest BCUT2D eigenvalue weighted by Gasteiger charge is 2.18. The molecule has 0 aliphatic heterocycles. The number of hydrogen-bond donors (Lipinski definition) is 1. The van der Waals surface area contributed by atoms with Gasteiger partial charge >= 0.3 is 0 Å². The summed E-state index contributed by atoms with van der Waals surface area (Å²) in [7, 11) is 1.62. The van der Waals surface area contributed by atoms with Gasteiger partial charge in [-0.2, -0.15) is 0 Å². The van der Waals surface area contributed by atoms with Gasteiger partial charge < -0.3 is 9.84 Å². The fraction of sp³-hybridized carbons (Fsp3) is 1.00. The van der Waals surface area contributed by atoms with Crippen molar-refractivity contribution < 1.29 is 9.84 Å². The topological polar surface area (TPSA) is 29.5 Å². The first-order chi connectivity index (χ1) is 4.63. The Bertz CT molecular complexity index is 73.3. The molecule has 0 radical (unpaired) electrons. The van der Waals surface area contributed by atoms with Gasteiger partial charge in [-0.05, 0) is 12.8 Å². The van der Waals surface area contributed by atoms with Crippen LogP contribution < -0.4 is 0 Å². The van der Waals surface area contributed by atoms with Crippen molar-refractivity contribution in [2.75, 3.05) is 7.11 Å². The van der Waals surface area contributed by atoms with Crippen LogP contribution >= 0.6 is 0 Å². The molecule has 0 aromatic rings. The number of ether oxygens (including phenoxy) is 1. The third-order valence-electron chi connectivity index (χ3n) is 2.08. The minimum absolute atomic E-state index is 0.0463. The molecule has 0 aliphatic carbocycles. The van der Waals surface area contributed by atoms with Crippen LogP contribution in [0.25, 0.3) is 0 Å². The lowest BCUT2D eigenvalue weighted by atomic mass is 9.98. The molecular formula is C8H18O2. The fourth-order valence-corrected chi connectivity index (χ4v) is 0.844. The monoisotopic (exact) mass is 146 g/mol. The lowest BCUT2D eigenvalue weighted by Gasteiger charge is -2.22. The van der Waals surface area contributed by atoms with Crippen LogP contribution in [-0.4, -0.2) is 24.4 Å². The first-order valence-electron chi connectivity index (χ1n) is 3.84. The Balaban J connectivity index is 3.69. The molecule has 3 atom stereocenters. The minimum atomic E-state index is -0.324. The van der Waals surface area contributed by atoms with Crippen LogP contribution in [0.2, 0.25) is 0 Å². The number of hydrogen-bond acceptors (Lipinski definition) is 2. The molecule has 3 unspecified atom stereocenters. The normalized spacial score (nSPS) is 20.1. The maximum atomic E-state index is 9.46. The van der Waals surface area contributed by atoms with Crippen molar-refractivity contribution in [3.05, 3.63) is 0 Å². The lowest BCUT2D eigenvalue weighted by Crippen LogP contribution is -2.30. The summed E-state index contributed by atoms with van der Waals surface area (Å²) in [6.07, 6.45) is 0.624. The van der Waals surface area contributed by atoms with E-state index in [0.717, 1.165) is 6.42 Å². The molecule has 62 valence electrons. The van der Waals surface area contributed by atoms with E-state index in [1.807, 2.05) is 13.8 Å². The molecule has 2 heteroatoms. The van der Waals surface area contributed by atoms with Crippen molar-refractivity contribution in [3.8, 4) is 0 Å². The minimum Gasteiger partial charge on any atom is -0.390 e. The SMILES string of the molecule is CCC(C)C(O)C(C)OC. The molecule has 1 N–H and O–H groups in total. The predicted octanol–water partition coefficient (Wildman–Crippen LogP) is 1.43. The summed E-state index contributed by atoms with van der Waals surface area (Å²) in [5.41, 5.74) is 0. The van der Waals surface area contributed by atoms with E-state index in [0.29, 0.717) is 5.92 Å². The Morgan fingerprint density at radius 2 is 1.90 bits per heavy atom. The highest BCUT2D eigenvalue weighted by molar-refractivity contribution is 4.68. The third kappa shape index (κ3) is 2.67. The molecule has 0 heterocycles. The second kappa shape index (κ2) is 4.69. The van der Waals surface area contributed by atoms with E-state index >= 15 is 0 Å². The van der Waals surface area contributed by atoms with Crippen LogP contribution in [-0.2, 0) is 4.74 Å². The van der Waals surface area contributed by atoms with Gasteiger partial charge in [0.05, 0.1) is 12.2 Å². The van der Waals surface area contributed by atoms with Crippen LogP contribution in [0.15, 0.2) is 0 Å². The second-order valence-electron chi connectivity index (χ2n) is 2.82. The zero-order chi connectivity index (χ0) is 8.15. The fourth-order valence-electron chi connectivity index (χ4n) is 0.844. The molecule has 0 rings (SSSR count). The van der Waals surface area contributed by atoms with Crippen molar-refractivity contribution in [3.63, 3.8) is 0 Å². The molecule has 0 bridgehead atoms. The average Bonchev–Trinajstić information content (AvgIpc) is 2.00. The van der Waals surface area contributed by atoms with Gasteiger partial charge in [0.25, 0.3) is 0 Å². The van der Waals surface area contributed by atoms with E-state index in [2.05, 4.69) is 6.92 Å². The summed E-state index contributed by atoms with van der Waals surface area (Å²) in [5.74, 6) is 0.329. The van der Waals surface area contributed by atoms with Gasteiger partial charge in [0.15, 0.2) is 0 Å². The van der Waals surface area contributed by atoms with E-state index in [1.165, 1.54) is 0 Å². The number of rotatable bonds is 4. The molecule has 0 aromatic carbocycles. The van der Waals surface area contributed by atoms with Crippen molar-refractivity contribution in [1.29, 1.82) is 0 Å². The number of aliphatic hydroxyl groups excluding tert-OH is 1. The molecule has 10 heavy (non-hydrogen) atoms. The molecule has 0 spiro atoms. The maximum Gasteiger partial charge on any atom is 0.0824 e. The standard InChI is InChI=1S/C8H18O2/c1-5-6(2)8(9)7(3)10-4/h6-9H,5H2,1-4H3. The number of aliphatic hydroxyl groups is 1. The summed E-state index contributed by atoms with van der Waals surface area (Å²) in [5, 5.41) is 9.46. The maximum absolute atomic E-state index is 9.46. The van der Waals surface area contributed by atoms with Crippen LogP contribution in [0.4, 0.5) is 0 Å². The molecule has 0 aromatic heterocycles. The lowest BCUT2D eigenvalue weighted by molar-refractivity contribution is -0.0281. The Kier molecular flexibility index (Phi) is 4.65. The van der Waals surface area contributed by atoms with Crippen molar-refractivity contribution in [2.24, 2.45) is 5.92 Å². The van der Waals surface area contributed by atoms with Gasteiger partial charge in [0, 0.05) is 7.11 Å². The smallest absolute Gasteiger partial charge is 0.0824 e. The van der Waals surface area contributed by atoms with Gasteiger partial charge in [-0.15, -0.1) is 0 Å². The van der Waals surface area contributed by atoms with Crippen LogP contribution in [0.5, 0.6) is 0 Å². The zero-order valence-corrected chi connectivity index (χ0v) is 7.29. The quantitative estimate of drug-likeness (QED) is 0.650. The Morgan fingerprint density at radius 3 is 2.20 bits per heavy atom. The van der Waals surface area contributed by atoms with Crippen molar-refractivity contribution in [2.45, 2.75) is 39.4 Å². The first-order valence-corrected chi connectivity index (χ1v) is 3.84. The molecule has 0 fully saturated rings. The second-order valence-corrected chi connectivity index (χ2v) is 2.82. The van der Waals surface area contributed by atoms with Crippen molar-refractivity contribution in [1.82, 2.24) is 0 Å². The molecular weight excluding hydrogens is 128 g/mol. The molecule has 0 saturated heterocycles. The highest BCUT2D eigenvalue weighted by Crippen LogP contribution is 2.12. The molecule has 0 amide bonds. The van der Waals surface area contributed by atoms with Crippen LogP contribution in [0, 0.1) is 5.92 Å². The molecule has 2 nitrogen and oxygen atoms in total. The first kappa shape index (κ1) is 9.92. The van der Waals surface area contributed by atoms with Gasteiger partial charge in [-0.25, -0.2) is 0 Å². The predicted molar refractivity (Wildman–Crippen MR) is 41.9 cm³/mol. The summed E-state index contributed by atoms with van der Waals surface area (Å²) in [6, 6.07) is 0. The number of methoxy groups -OCH3 is 1. The highest BCUT2D eigenvalue weighted by atomic mass is 16.5. The van der Waals surface area contributed by atoms with Gasteiger partial charge in [0.2, 0.25) is 0 Å². The Labute approximate surface area is 63.2 Å². The largest absolute Gasteiger partial charge is 0.390 e. The molecule has 0 saturated carbocycles. The summed E-state index contributed by atoms with van der Waals surface area (Å²) in [6.45, 7) is 5.98. The van der Waals surface area contributed by atoms with E-state index in [1.54, 1.807) is 7.11 Å². The van der Waals surface area contributed by atoms with Gasteiger partial charge in [-0.3, -0.25) is 0 Å². The summed E-state index contributed by atoms with van der Waals surface area (Å²) >= 11 is 0. The van der Waals surface area contributed by atoms with E-state index in [4.69, 9.17) is 4.74 Å². The summed E-state index contributed by atoms with van der Waals surface area (Å²) in [4.78, 5) is 0. The Morgan fingerprint density at radius 1 is 1.40 bits per heavy atom. The zero-order valence-electron chi connectivity index (χ0n) is 7.29. The third-order valence-corrected chi connectivity index (χ3v) is 2.08. The van der Waals surface area contributed by atoms with Crippen LogP contribution in [0.1, 0.15) is 27.2 Å². The Hall–Kier alpha value is -0.0800. The van der Waals surface area contributed by atoms with Gasteiger partial charge in [-0.1, -0.05) is 20.3 Å². The summed E-state index contributed by atoms with van der Waals surface area (Å²) < 4.78 is 4.98. The van der Waals surface area contributed by atoms with Gasteiger partial charge in [0.1, 0.15) is 0 Å². The van der Waals surface area contributed by atoms with Crippen LogP contribution in [0.3, 0.4) is 0 Å². The average molecular weight is 146 g/mol. The molecule has 0 aliphatic rings. The van der Waals surface area contributed by atoms with E-state index in [-0.39, 0.29) is 12.2 Å². The van der Waals surface area contributed by atoms with E-state index in [9.17, 15) is 5.11 Å². The van der Waals surface area contributed by atoms with Crippen molar-refractivity contribution >= 4 is 0 Å². The van der Waals surface area contributed by atoms with E-state index < -0.39 is 0 Å².